The molecule has 0 saturated carbocycles. The van der Waals surface area contributed by atoms with Crippen LogP contribution in [0.15, 0.2) is 39.2 Å². The maximum Gasteiger partial charge on any atom is 0.252 e. The first-order chi connectivity index (χ1) is 11.4. The van der Waals surface area contributed by atoms with Crippen molar-refractivity contribution in [1.29, 1.82) is 0 Å². The van der Waals surface area contributed by atoms with Crippen LogP contribution in [0, 0.1) is 0 Å². The summed E-state index contributed by atoms with van der Waals surface area (Å²) in [5, 5.41) is 3.74. The molecule has 0 unspecified atom stereocenters. The van der Waals surface area contributed by atoms with E-state index < -0.39 is 10.0 Å². The van der Waals surface area contributed by atoms with E-state index in [1.165, 1.54) is 15.6 Å². The van der Waals surface area contributed by atoms with Gasteiger partial charge in [0.2, 0.25) is 5.91 Å². The molecule has 0 fully saturated rings. The Morgan fingerprint density at radius 3 is 2.46 bits per heavy atom. The summed E-state index contributed by atoms with van der Waals surface area (Å²) in [4.78, 5) is 15.3. The standard InChI is InChI=1S/C16H22N2O3S3/c1-3-18(13-14-7-5-11-22-14)15(19)8-4-10-17(2)24(20,21)16-9-6-12-23-16/h5-7,9,11-12H,3-4,8,10,13H2,1-2H3. The monoisotopic (exact) mass is 386 g/mol. The lowest BCUT2D eigenvalue weighted by molar-refractivity contribution is -0.131. The van der Waals surface area contributed by atoms with Crippen molar-refractivity contribution in [3.63, 3.8) is 0 Å². The lowest BCUT2D eigenvalue weighted by atomic mass is 10.2. The predicted octanol–water partition coefficient (Wildman–Crippen LogP) is 3.26. The summed E-state index contributed by atoms with van der Waals surface area (Å²) in [5.41, 5.74) is 0. The first-order valence-electron chi connectivity index (χ1n) is 7.75. The second kappa shape index (κ2) is 8.75. The maximum absolute atomic E-state index is 12.3. The van der Waals surface area contributed by atoms with Gasteiger partial charge in [0.05, 0.1) is 6.54 Å². The van der Waals surface area contributed by atoms with Crippen molar-refractivity contribution in [1.82, 2.24) is 9.21 Å². The number of rotatable bonds is 9. The summed E-state index contributed by atoms with van der Waals surface area (Å²) in [7, 11) is -1.87. The average Bonchev–Trinajstić information content (AvgIpc) is 3.25. The zero-order valence-electron chi connectivity index (χ0n) is 13.8. The minimum Gasteiger partial charge on any atom is -0.338 e. The van der Waals surface area contributed by atoms with Gasteiger partial charge in [-0.25, -0.2) is 12.7 Å². The second-order valence-corrected chi connectivity index (χ2v) is 9.60. The fourth-order valence-electron chi connectivity index (χ4n) is 2.26. The number of hydrogen-bond donors (Lipinski definition) is 0. The third-order valence-electron chi connectivity index (χ3n) is 3.68. The van der Waals surface area contributed by atoms with E-state index in [-0.39, 0.29) is 5.91 Å². The molecule has 0 aliphatic heterocycles. The molecular weight excluding hydrogens is 364 g/mol. The van der Waals surface area contributed by atoms with Crippen molar-refractivity contribution in [3.8, 4) is 0 Å². The molecule has 0 spiro atoms. The Bertz CT molecular complexity index is 725. The normalized spacial score (nSPS) is 11.8. The molecule has 5 nitrogen and oxygen atoms in total. The van der Waals surface area contributed by atoms with Gasteiger partial charge < -0.3 is 4.90 Å². The van der Waals surface area contributed by atoms with Crippen LogP contribution in [0.25, 0.3) is 0 Å². The molecule has 1 amide bonds. The summed E-state index contributed by atoms with van der Waals surface area (Å²) in [6.45, 7) is 3.57. The highest BCUT2D eigenvalue weighted by Crippen LogP contribution is 2.20. The zero-order chi connectivity index (χ0) is 17.6. The molecule has 0 aliphatic carbocycles. The van der Waals surface area contributed by atoms with Crippen molar-refractivity contribution in [2.75, 3.05) is 20.1 Å². The molecule has 2 rings (SSSR count). The smallest absolute Gasteiger partial charge is 0.252 e. The highest BCUT2D eigenvalue weighted by molar-refractivity contribution is 7.91. The quantitative estimate of drug-likeness (QED) is 0.665. The van der Waals surface area contributed by atoms with Gasteiger partial charge in [-0.05, 0) is 36.2 Å². The van der Waals surface area contributed by atoms with Gasteiger partial charge in [-0.15, -0.1) is 22.7 Å². The van der Waals surface area contributed by atoms with E-state index >= 15 is 0 Å². The summed E-state index contributed by atoms with van der Waals surface area (Å²) in [6, 6.07) is 7.31. The number of hydrogen-bond acceptors (Lipinski definition) is 5. The Balaban J connectivity index is 1.83. The summed E-state index contributed by atoms with van der Waals surface area (Å²) in [5.74, 6) is 0.0628. The van der Waals surface area contributed by atoms with Crippen LogP contribution in [0.1, 0.15) is 24.6 Å². The SMILES string of the molecule is CCN(Cc1cccs1)C(=O)CCCN(C)S(=O)(=O)c1cccs1. The topological polar surface area (TPSA) is 57.7 Å². The second-order valence-electron chi connectivity index (χ2n) is 5.35. The number of carbonyl (C=O) groups is 1. The van der Waals surface area contributed by atoms with Crippen LogP contribution >= 0.6 is 22.7 Å². The molecule has 0 bridgehead atoms. The van der Waals surface area contributed by atoms with E-state index in [0.717, 1.165) is 4.88 Å². The lowest BCUT2D eigenvalue weighted by Gasteiger charge is -2.21. The van der Waals surface area contributed by atoms with Crippen LogP contribution in [0.4, 0.5) is 0 Å². The molecule has 0 saturated heterocycles. The molecule has 0 N–H and O–H groups in total. The molecule has 8 heteroatoms. The Hall–Kier alpha value is -1.22. The minimum atomic E-state index is -3.43. The summed E-state index contributed by atoms with van der Waals surface area (Å²) >= 11 is 2.84. The molecule has 0 atom stereocenters. The van der Waals surface area contributed by atoms with Gasteiger partial charge in [-0.3, -0.25) is 4.79 Å². The maximum atomic E-state index is 12.3. The number of thiophene rings is 2. The van der Waals surface area contributed by atoms with Gasteiger partial charge in [-0.2, -0.15) is 0 Å². The lowest BCUT2D eigenvalue weighted by Crippen LogP contribution is -2.32. The molecule has 0 aliphatic rings. The van der Waals surface area contributed by atoms with Gasteiger partial charge in [0.15, 0.2) is 0 Å². The van der Waals surface area contributed by atoms with Crippen LogP contribution in [-0.2, 0) is 21.4 Å². The number of nitrogens with zero attached hydrogens (tertiary/aromatic N) is 2. The number of sulfonamides is 1. The zero-order valence-corrected chi connectivity index (χ0v) is 16.3. The summed E-state index contributed by atoms with van der Waals surface area (Å²) in [6.07, 6.45) is 0.865. The van der Waals surface area contributed by atoms with Crippen molar-refractivity contribution in [2.45, 2.75) is 30.5 Å². The number of amides is 1. The first-order valence-corrected chi connectivity index (χ1v) is 10.9. The number of carbonyl (C=O) groups excluding carboxylic acids is 1. The van der Waals surface area contributed by atoms with Crippen LogP contribution in [0.5, 0.6) is 0 Å². The molecule has 2 aromatic rings. The van der Waals surface area contributed by atoms with Gasteiger partial charge in [-0.1, -0.05) is 12.1 Å². The Labute approximate surface area is 151 Å². The fraction of sp³-hybridized carbons (Fsp3) is 0.438. The van der Waals surface area contributed by atoms with E-state index in [1.54, 1.807) is 40.8 Å². The highest BCUT2D eigenvalue weighted by atomic mass is 32.2. The highest BCUT2D eigenvalue weighted by Gasteiger charge is 2.22. The molecule has 2 heterocycles. The summed E-state index contributed by atoms with van der Waals surface area (Å²) < 4.78 is 26.3. The van der Waals surface area contributed by atoms with E-state index in [2.05, 4.69) is 0 Å². The minimum absolute atomic E-state index is 0.0628. The van der Waals surface area contributed by atoms with E-state index in [4.69, 9.17) is 0 Å². The Morgan fingerprint density at radius 2 is 1.88 bits per heavy atom. The third-order valence-corrected chi connectivity index (χ3v) is 7.78. The van der Waals surface area contributed by atoms with Gasteiger partial charge >= 0.3 is 0 Å². The average molecular weight is 387 g/mol. The van der Waals surface area contributed by atoms with Crippen molar-refractivity contribution in [2.24, 2.45) is 0 Å². The van der Waals surface area contributed by atoms with E-state index in [0.29, 0.717) is 36.7 Å². The fourth-order valence-corrected chi connectivity index (χ4v) is 5.39. The molecular formula is C16H22N2O3S3. The third kappa shape index (κ3) is 4.89. The largest absolute Gasteiger partial charge is 0.338 e. The predicted molar refractivity (Wildman–Crippen MR) is 98.8 cm³/mol. The van der Waals surface area contributed by atoms with Crippen LogP contribution < -0.4 is 0 Å². The first kappa shape index (κ1) is 19.1. The molecule has 0 radical (unpaired) electrons. The van der Waals surface area contributed by atoms with Crippen molar-refractivity contribution >= 4 is 38.6 Å². The van der Waals surface area contributed by atoms with Crippen LogP contribution in [0.2, 0.25) is 0 Å². The van der Waals surface area contributed by atoms with Crippen molar-refractivity contribution < 1.29 is 13.2 Å². The molecule has 24 heavy (non-hydrogen) atoms. The molecule has 132 valence electrons. The Kier molecular flexibility index (Phi) is 6.97. The van der Waals surface area contributed by atoms with E-state index in [9.17, 15) is 13.2 Å². The molecule has 0 aromatic carbocycles. The van der Waals surface area contributed by atoms with Gasteiger partial charge in [0.1, 0.15) is 4.21 Å². The van der Waals surface area contributed by atoms with E-state index in [1.807, 2.05) is 24.4 Å². The van der Waals surface area contributed by atoms with Crippen molar-refractivity contribution in [3.05, 3.63) is 39.9 Å². The Morgan fingerprint density at radius 1 is 1.17 bits per heavy atom. The van der Waals surface area contributed by atoms with Gasteiger partial charge in [0, 0.05) is 31.4 Å². The molecule has 2 aromatic heterocycles. The van der Waals surface area contributed by atoms with Crippen LogP contribution in [-0.4, -0.2) is 43.7 Å². The van der Waals surface area contributed by atoms with Gasteiger partial charge in [0.25, 0.3) is 10.0 Å². The van der Waals surface area contributed by atoms with Crippen LogP contribution in [0.3, 0.4) is 0 Å².